The molecule has 96 valence electrons. The minimum absolute atomic E-state index is 0.0260. The van der Waals surface area contributed by atoms with Gasteiger partial charge in [-0.2, -0.15) is 0 Å². The summed E-state index contributed by atoms with van der Waals surface area (Å²) in [5, 5.41) is 1.06. The molecule has 1 aliphatic rings. The number of benzene rings is 1. The van der Waals surface area contributed by atoms with Gasteiger partial charge in [0.15, 0.2) is 0 Å². The van der Waals surface area contributed by atoms with Crippen LogP contribution in [0.25, 0.3) is 10.9 Å². The van der Waals surface area contributed by atoms with Crippen LogP contribution in [0.4, 0.5) is 0 Å². The normalized spacial score (nSPS) is 21.9. The van der Waals surface area contributed by atoms with Gasteiger partial charge in [-0.25, -0.2) is 0 Å². The van der Waals surface area contributed by atoms with E-state index in [1.807, 2.05) is 42.5 Å². The summed E-state index contributed by atoms with van der Waals surface area (Å²) in [5.41, 5.74) is 7.78. The SMILES string of the molecule is NC1C=CC(C(=O)Cc2ccnc3ccccc23)C1. The van der Waals surface area contributed by atoms with Crippen LogP contribution >= 0.6 is 0 Å². The number of pyridine rings is 1. The summed E-state index contributed by atoms with van der Waals surface area (Å²) in [6.45, 7) is 0. The Hall–Kier alpha value is -2.00. The molecule has 0 bridgehead atoms. The zero-order valence-electron chi connectivity index (χ0n) is 10.6. The minimum Gasteiger partial charge on any atom is -0.324 e. The number of nitrogens with two attached hydrogens (primary N) is 1. The number of nitrogens with zero attached hydrogens (tertiary/aromatic N) is 1. The van der Waals surface area contributed by atoms with Gasteiger partial charge in [-0.1, -0.05) is 30.4 Å². The highest BCUT2D eigenvalue weighted by molar-refractivity contribution is 5.91. The molecule has 0 aliphatic heterocycles. The minimum atomic E-state index is -0.0260. The molecule has 2 unspecified atom stereocenters. The fraction of sp³-hybridized carbons (Fsp3) is 0.250. The van der Waals surface area contributed by atoms with Gasteiger partial charge in [0.1, 0.15) is 5.78 Å². The van der Waals surface area contributed by atoms with Crippen LogP contribution < -0.4 is 5.73 Å². The van der Waals surface area contributed by atoms with E-state index in [4.69, 9.17) is 5.73 Å². The maximum absolute atomic E-state index is 12.3. The van der Waals surface area contributed by atoms with Crippen molar-refractivity contribution in [1.29, 1.82) is 0 Å². The Bertz CT molecular complexity index is 643. The molecule has 1 aliphatic carbocycles. The summed E-state index contributed by atoms with van der Waals surface area (Å²) in [4.78, 5) is 16.6. The van der Waals surface area contributed by atoms with E-state index in [1.54, 1.807) is 6.20 Å². The Morgan fingerprint density at radius 2 is 2.11 bits per heavy atom. The second-order valence-electron chi connectivity index (χ2n) is 5.02. The summed E-state index contributed by atoms with van der Waals surface area (Å²) >= 11 is 0. The predicted molar refractivity (Wildman–Crippen MR) is 75.7 cm³/mol. The Morgan fingerprint density at radius 3 is 2.89 bits per heavy atom. The third-order valence-corrected chi connectivity index (χ3v) is 3.63. The maximum atomic E-state index is 12.3. The molecule has 0 saturated heterocycles. The van der Waals surface area contributed by atoms with Crippen LogP contribution in [-0.2, 0) is 11.2 Å². The smallest absolute Gasteiger partial charge is 0.144 e. The number of para-hydroxylation sites is 1. The highest BCUT2D eigenvalue weighted by Gasteiger charge is 2.22. The van der Waals surface area contributed by atoms with E-state index in [0.29, 0.717) is 6.42 Å². The third kappa shape index (κ3) is 2.42. The van der Waals surface area contributed by atoms with Gasteiger partial charge in [0.25, 0.3) is 0 Å². The number of allylic oxidation sites excluding steroid dienone is 1. The second kappa shape index (κ2) is 4.94. The van der Waals surface area contributed by atoms with Crippen LogP contribution in [0.15, 0.2) is 48.7 Å². The van der Waals surface area contributed by atoms with Crippen molar-refractivity contribution in [3.8, 4) is 0 Å². The average Bonchev–Trinajstić information content (AvgIpc) is 2.86. The van der Waals surface area contributed by atoms with Crippen LogP contribution in [-0.4, -0.2) is 16.8 Å². The van der Waals surface area contributed by atoms with Gasteiger partial charge in [-0.3, -0.25) is 9.78 Å². The number of hydrogen-bond donors (Lipinski definition) is 1. The first kappa shape index (κ1) is 12.1. The predicted octanol–water partition coefficient (Wildman–Crippen LogP) is 2.25. The highest BCUT2D eigenvalue weighted by Crippen LogP contribution is 2.22. The lowest BCUT2D eigenvalue weighted by Crippen LogP contribution is -2.20. The van der Waals surface area contributed by atoms with Crippen molar-refractivity contribution < 1.29 is 4.79 Å². The van der Waals surface area contributed by atoms with E-state index in [-0.39, 0.29) is 17.7 Å². The van der Waals surface area contributed by atoms with Crippen molar-refractivity contribution in [2.24, 2.45) is 11.7 Å². The van der Waals surface area contributed by atoms with E-state index in [2.05, 4.69) is 4.98 Å². The Labute approximate surface area is 112 Å². The largest absolute Gasteiger partial charge is 0.324 e. The molecule has 1 aromatic carbocycles. The topological polar surface area (TPSA) is 56.0 Å². The lowest BCUT2D eigenvalue weighted by molar-refractivity contribution is -0.120. The Morgan fingerprint density at radius 1 is 1.26 bits per heavy atom. The van der Waals surface area contributed by atoms with Crippen molar-refractivity contribution in [2.45, 2.75) is 18.9 Å². The molecular formula is C16H16N2O. The molecule has 3 rings (SSSR count). The van der Waals surface area contributed by atoms with Gasteiger partial charge in [-0.05, 0) is 24.1 Å². The van der Waals surface area contributed by atoms with Gasteiger partial charge < -0.3 is 5.73 Å². The van der Waals surface area contributed by atoms with Gasteiger partial charge in [0, 0.05) is 30.0 Å². The summed E-state index contributed by atoms with van der Waals surface area (Å²) in [5.74, 6) is 0.211. The lowest BCUT2D eigenvalue weighted by atomic mass is 9.95. The number of carbonyl (C=O) groups is 1. The van der Waals surface area contributed by atoms with Crippen LogP contribution in [0, 0.1) is 5.92 Å². The van der Waals surface area contributed by atoms with E-state index in [0.717, 1.165) is 22.9 Å². The first-order chi connectivity index (χ1) is 9.24. The Kier molecular flexibility index (Phi) is 3.13. The first-order valence-electron chi connectivity index (χ1n) is 6.53. The molecule has 1 aromatic heterocycles. The molecular weight excluding hydrogens is 236 g/mol. The van der Waals surface area contributed by atoms with Crippen LogP contribution in [0.3, 0.4) is 0 Å². The maximum Gasteiger partial charge on any atom is 0.144 e. The van der Waals surface area contributed by atoms with Gasteiger partial charge >= 0.3 is 0 Å². The molecule has 2 atom stereocenters. The molecule has 0 radical (unpaired) electrons. The summed E-state index contributed by atoms with van der Waals surface area (Å²) < 4.78 is 0. The number of ketones is 1. The van der Waals surface area contributed by atoms with Crippen molar-refractivity contribution in [3.63, 3.8) is 0 Å². The Balaban J connectivity index is 1.86. The fourth-order valence-corrected chi connectivity index (χ4v) is 2.59. The second-order valence-corrected chi connectivity index (χ2v) is 5.02. The zero-order valence-corrected chi connectivity index (χ0v) is 10.6. The van der Waals surface area contributed by atoms with E-state index in [9.17, 15) is 4.79 Å². The number of fused-ring (bicyclic) bond motifs is 1. The molecule has 2 aromatic rings. The molecule has 0 amide bonds. The monoisotopic (exact) mass is 252 g/mol. The molecule has 3 nitrogen and oxygen atoms in total. The number of carbonyl (C=O) groups excluding carboxylic acids is 1. The molecule has 0 saturated carbocycles. The van der Waals surface area contributed by atoms with E-state index in [1.165, 1.54) is 0 Å². The molecule has 0 fully saturated rings. The third-order valence-electron chi connectivity index (χ3n) is 3.63. The molecule has 2 N–H and O–H groups in total. The molecule has 3 heteroatoms. The summed E-state index contributed by atoms with van der Waals surface area (Å²) in [6, 6.07) is 9.88. The lowest BCUT2D eigenvalue weighted by Gasteiger charge is -2.10. The van der Waals surface area contributed by atoms with E-state index < -0.39 is 0 Å². The highest BCUT2D eigenvalue weighted by atomic mass is 16.1. The number of Topliss-reactive ketones (excluding diaryl/α,β-unsaturated/α-hetero) is 1. The average molecular weight is 252 g/mol. The fourth-order valence-electron chi connectivity index (χ4n) is 2.59. The summed E-state index contributed by atoms with van der Waals surface area (Å²) in [7, 11) is 0. The zero-order chi connectivity index (χ0) is 13.2. The number of aromatic nitrogens is 1. The standard InChI is InChI=1S/C16H16N2O/c17-13-6-5-12(9-13)16(19)10-11-7-8-18-15-4-2-1-3-14(11)15/h1-8,12-13H,9-10,17H2. The van der Waals surface area contributed by atoms with Gasteiger partial charge in [0.05, 0.1) is 5.52 Å². The van der Waals surface area contributed by atoms with Crippen LogP contribution in [0.5, 0.6) is 0 Å². The van der Waals surface area contributed by atoms with E-state index >= 15 is 0 Å². The van der Waals surface area contributed by atoms with Crippen LogP contribution in [0.2, 0.25) is 0 Å². The quantitative estimate of drug-likeness (QED) is 0.852. The number of hydrogen-bond acceptors (Lipinski definition) is 3. The van der Waals surface area contributed by atoms with Crippen molar-refractivity contribution in [3.05, 3.63) is 54.2 Å². The number of rotatable bonds is 3. The van der Waals surface area contributed by atoms with Crippen molar-refractivity contribution in [1.82, 2.24) is 4.98 Å². The van der Waals surface area contributed by atoms with Crippen molar-refractivity contribution in [2.75, 3.05) is 0 Å². The van der Waals surface area contributed by atoms with Gasteiger partial charge in [0.2, 0.25) is 0 Å². The summed E-state index contributed by atoms with van der Waals surface area (Å²) in [6.07, 6.45) is 6.82. The molecule has 0 spiro atoms. The van der Waals surface area contributed by atoms with Crippen LogP contribution in [0.1, 0.15) is 12.0 Å². The molecule has 19 heavy (non-hydrogen) atoms. The van der Waals surface area contributed by atoms with Gasteiger partial charge in [-0.15, -0.1) is 0 Å². The molecule has 1 heterocycles. The van der Waals surface area contributed by atoms with Crippen molar-refractivity contribution >= 4 is 16.7 Å². The first-order valence-corrected chi connectivity index (χ1v) is 6.53.